The molecule has 0 heterocycles. The van der Waals surface area contributed by atoms with E-state index in [4.69, 9.17) is 21.1 Å². The van der Waals surface area contributed by atoms with Crippen molar-refractivity contribution in [1.82, 2.24) is 5.32 Å². The molecule has 0 aliphatic heterocycles. The first-order valence-electron chi connectivity index (χ1n) is 9.35. The fourth-order valence-corrected chi connectivity index (χ4v) is 4.25. The van der Waals surface area contributed by atoms with Gasteiger partial charge in [0.1, 0.15) is 24.1 Å². The molecule has 1 N–H and O–H groups in total. The zero-order valence-electron chi connectivity index (χ0n) is 17.7. The summed E-state index contributed by atoms with van der Waals surface area (Å²) in [7, 11) is -2.30. The Morgan fingerprint density at radius 3 is 2.50 bits per heavy atom. The molecule has 0 bridgehead atoms. The first-order chi connectivity index (χ1) is 14.0. The third kappa shape index (κ3) is 6.03. The predicted octanol–water partition coefficient (Wildman–Crippen LogP) is 3.32. The predicted molar refractivity (Wildman–Crippen MR) is 119 cm³/mol. The summed E-state index contributed by atoms with van der Waals surface area (Å²) in [4.78, 5) is 12.7. The van der Waals surface area contributed by atoms with Crippen molar-refractivity contribution >= 4 is 33.2 Å². The second-order valence-corrected chi connectivity index (χ2v) is 9.23. The van der Waals surface area contributed by atoms with Crippen LogP contribution in [0.25, 0.3) is 0 Å². The number of methoxy groups -OCH3 is 1. The van der Waals surface area contributed by atoms with E-state index >= 15 is 0 Å². The van der Waals surface area contributed by atoms with E-state index in [1.807, 2.05) is 26.0 Å². The largest absolute Gasteiger partial charge is 0.495 e. The Morgan fingerprint density at radius 1 is 1.20 bits per heavy atom. The number of ether oxygens (including phenoxy) is 2. The van der Waals surface area contributed by atoms with E-state index in [1.165, 1.54) is 14.0 Å². The minimum atomic E-state index is -3.75. The fourth-order valence-electron chi connectivity index (χ4n) is 2.91. The molecule has 0 aliphatic carbocycles. The molecular weight excluding hydrogens is 428 g/mol. The Labute approximate surface area is 183 Å². The quantitative estimate of drug-likeness (QED) is 0.587. The number of sulfonamides is 1. The molecule has 7 nitrogen and oxygen atoms in total. The number of aryl methyl sites for hydroxylation is 2. The molecule has 0 saturated heterocycles. The molecule has 0 aliphatic rings. The van der Waals surface area contributed by atoms with Gasteiger partial charge in [0, 0.05) is 5.02 Å². The number of nitrogens with one attached hydrogen (secondary N) is 1. The number of rotatable bonds is 9. The number of carbonyl (C=O) groups is 1. The number of hydrogen-bond acceptors (Lipinski definition) is 5. The zero-order valence-corrected chi connectivity index (χ0v) is 19.3. The first kappa shape index (κ1) is 23.8. The summed E-state index contributed by atoms with van der Waals surface area (Å²) in [5.41, 5.74) is 2.10. The molecular formula is C21H27ClN2O5S. The minimum Gasteiger partial charge on any atom is -0.495 e. The van der Waals surface area contributed by atoms with Gasteiger partial charge in [-0.2, -0.15) is 0 Å². The van der Waals surface area contributed by atoms with Gasteiger partial charge in [-0.05, 0) is 56.2 Å². The van der Waals surface area contributed by atoms with Gasteiger partial charge in [0.15, 0.2) is 0 Å². The smallest absolute Gasteiger partial charge is 0.243 e. The lowest BCUT2D eigenvalue weighted by molar-refractivity contribution is -0.121. The lowest BCUT2D eigenvalue weighted by Gasteiger charge is -2.29. The summed E-state index contributed by atoms with van der Waals surface area (Å²) in [5, 5.41) is 3.31. The molecule has 164 valence electrons. The molecule has 2 rings (SSSR count). The number of hydrogen-bond donors (Lipinski definition) is 1. The Balaban J connectivity index is 2.07. The van der Waals surface area contributed by atoms with Crippen LogP contribution in [0.2, 0.25) is 5.02 Å². The molecule has 1 amide bonds. The van der Waals surface area contributed by atoms with Crippen LogP contribution in [0.5, 0.6) is 11.5 Å². The fraction of sp³-hybridized carbons (Fsp3) is 0.381. The summed E-state index contributed by atoms with van der Waals surface area (Å²) < 4.78 is 36.9. The van der Waals surface area contributed by atoms with Gasteiger partial charge in [0.2, 0.25) is 15.9 Å². The van der Waals surface area contributed by atoms with Gasteiger partial charge in [0.05, 0.1) is 25.6 Å². The Morgan fingerprint density at radius 2 is 1.90 bits per heavy atom. The molecule has 0 spiro atoms. The average molecular weight is 455 g/mol. The third-order valence-electron chi connectivity index (χ3n) is 4.47. The van der Waals surface area contributed by atoms with Gasteiger partial charge < -0.3 is 14.8 Å². The van der Waals surface area contributed by atoms with Crippen LogP contribution in [0.1, 0.15) is 18.1 Å². The first-order valence-corrected chi connectivity index (χ1v) is 11.6. The van der Waals surface area contributed by atoms with Crippen molar-refractivity contribution in [2.24, 2.45) is 0 Å². The maximum absolute atomic E-state index is 12.7. The molecule has 0 fully saturated rings. The highest BCUT2D eigenvalue weighted by atomic mass is 35.5. The van der Waals surface area contributed by atoms with Crippen LogP contribution in [-0.4, -0.2) is 46.9 Å². The zero-order chi connectivity index (χ0) is 22.5. The number of amides is 1. The van der Waals surface area contributed by atoms with E-state index < -0.39 is 22.0 Å². The molecule has 0 unspecified atom stereocenters. The highest BCUT2D eigenvalue weighted by Crippen LogP contribution is 2.32. The number of carbonyl (C=O) groups excluding carboxylic acids is 1. The van der Waals surface area contributed by atoms with E-state index in [9.17, 15) is 13.2 Å². The van der Waals surface area contributed by atoms with Crippen LogP contribution in [0.4, 0.5) is 5.69 Å². The van der Waals surface area contributed by atoms with Crippen molar-refractivity contribution < 1.29 is 22.7 Å². The van der Waals surface area contributed by atoms with E-state index in [1.54, 1.807) is 24.3 Å². The van der Waals surface area contributed by atoms with Crippen molar-refractivity contribution in [3.63, 3.8) is 0 Å². The van der Waals surface area contributed by atoms with Gasteiger partial charge in [-0.25, -0.2) is 8.42 Å². The SMILES string of the molecule is COc1ccc(C)cc1N([C@H](C)C(=O)NCCOc1ccc(C)c(Cl)c1)S(C)(=O)=O. The van der Waals surface area contributed by atoms with Crippen molar-refractivity contribution in [1.29, 1.82) is 0 Å². The van der Waals surface area contributed by atoms with Crippen LogP contribution in [0.3, 0.4) is 0 Å². The lowest BCUT2D eigenvalue weighted by Crippen LogP contribution is -2.48. The van der Waals surface area contributed by atoms with Crippen LogP contribution in [0.15, 0.2) is 36.4 Å². The molecule has 0 saturated carbocycles. The standard InChI is InChI=1S/C21H27ClN2O5S/c1-14-6-9-20(28-4)19(12-14)24(30(5,26)27)16(3)21(25)23-10-11-29-17-8-7-15(2)18(22)13-17/h6-9,12-13,16H,10-11H2,1-5H3,(H,23,25)/t16-/m1/s1. The van der Waals surface area contributed by atoms with E-state index in [2.05, 4.69) is 5.32 Å². The molecule has 9 heteroatoms. The molecule has 0 radical (unpaired) electrons. The highest BCUT2D eigenvalue weighted by Gasteiger charge is 2.31. The average Bonchev–Trinajstić information content (AvgIpc) is 2.67. The maximum atomic E-state index is 12.7. The van der Waals surface area contributed by atoms with Gasteiger partial charge >= 0.3 is 0 Å². The molecule has 1 atom stereocenters. The van der Waals surface area contributed by atoms with Crippen molar-refractivity contribution in [3.8, 4) is 11.5 Å². The number of nitrogens with zero attached hydrogens (tertiary/aromatic N) is 1. The van der Waals surface area contributed by atoms with Gasteiger partial charge in [0.25, 0.3) is 0 Å². The summed E-state index contributed by atoms with van der Waals surface area (Å²) in [6.45, 7) is 5.67. The minimum absolute atomic E-state index is 0.206. The van der Waals surface area contributed by atoms with E-state index in [-0.39, 0.29) is 13.2 Å². The van der Waals surface area contributed by atoms with Gasteiger partial charge in [-0.1, -0.05) is 23.7 Å². The molecule has 0 aromatic heterocycles. The Bertz CT molecular complexity index is 1010. The van der Waals surface area contributed by atoms with Gasteiger partial charge in [-0.3, -0.25) is 9.10 Å². The second kappa shape index (κ2) is 10.0. The Hall–Kier alpha value is -2.45. The molecule has 2 aromatic rings. The summed E-state index contributed by atoms with van der Waals surface area (Å²) in [6.07, 6.45) is 1.06. The van der Waals surface area contributed by atoms with Crippen molar-refractivity contribution in [2.75, 3.05) is 30.8 Å². The molecule has 2 aromatic carbocycles. The van der Waals surface area contributed by atoms with Crippen molar-refractivity contribution in [3.05, 3.63) is 52.5 Å². The summed E-state index contributed by atoms with van der Waals surface area (Å²) in [5.74, 6) is 0.509. The second-order valence-electron chi connectivity index (χ2n) is 6.96. The van der Waals surface area contributed by atoms with Crippen LogP contribution < -0.4 is 19.1 Å². The normalized spacial score (nSPS) is 12.2. The lowest BCUT2D eigenvalue weighted by atomic mass is 10.2. The van der Waals surface area contributed by atoms with Crippen LogP contribution in [0, 0.1) is 13.8 Å². The van der Waals surface area contributed by atoms with E-state index in [0.29, 0.717) is 22.2 Å². The molecule has 30 heavy (non-hydrogen) atoms. The maximum Gasteiger partial charge on any atom is 0.243 e. The topological polar surface area (TPSA) is 84.9 Å². The van der Waals surface area contributed by atoms with Crippen LogP contribution in [-0.2, 0) is 14.8 Å². The van der Waals surface area contributed by atoms with Gasteiger partial charge in [-0.15, -0.1) is 0 Å². The summed E-state index contributed by atoms with van der Waals surface area (Å²) in [6, 6.07) is 9.52. The number of benzene rings is 2. The summed E-state index contributed by atoms with van der Waals surface area (Å²) >= 11 is 6.07. The van der Waals surface area contributed by atoms with E-state index in [0.717, 1.165) is 21.7 Å². The van der Waals surface area contributed by atoms with Crippen LogP contribution >= 0.6 is 11.6 Å². The Kier molecular flexibility index (Phi) is 7.97. The number of anilines is 1. The number of halogens is 1. The highest BCUT2D eigenvalue weighted by molar-refractivity contribution is 7.92. The third-order valence-corrected chi connectivity index (χ3v) is 6.11. The van der Waals surface area contributed by atoms with Crippen molar-refractivity contribution in [2.45, 2.75) is 26.8 Å². The monoisotopic (exact) mass is 454 g/mol.